The van der Waals surface area contributed by atoms with Gasteiger partial charge in [0.15, 0.2) is 9.84 Å². The molecule has 6 heteroatoms. The number of amides is 1. The van der Waals surface area contributed by atoms with Gasteiger partial charge in [0.25, 0.3) is 5.91 Å². The molecular weight excluding hydrogens is 306 g/mol. The normalized spacial score (nSPS) is 11.1. The van der Waals surface area contributed by atoms with E-state index in [4.69, 9.17) is 0 Å². The summed E-state index contributed by atoms with van der Waals surface area (Å²) in [5.74, 6) is -0.270. The van der Waals surface area contributed by atoms with Gasteiger partial charge in [0.05, 0.1) is 4.90 Å². The Morgan fingerprint density at radius 3 is 2.33 bits per heavy atom. The van der Waals surface area contributed by atoms with Gasteiger partial charge in [0.2, 0.25) is 0 Å². The van der Waals surface area contributed by atoms with Crippen molar-refractivity contribution < 1.29 is 13.2 Å². The van der Waals surface area contributed by atoms with E-state index in [0.29, 0.717) is 11.3 Å². The van der Waals surface area contributed by atoms with Crippen LogP contribution in [0.2, 0.25) is 0 Å². The van der Waals surface area contributed by atoms with Gasteiger partial charge in [-0.05, 0) is 48.7 Å². The standard InChI is InChI=1S/C15H15NO3S2/c1-20-13-8-6-11(7-9-13)15(17)16-12-4-3-5-14(10-12)21(2,18)19/h3-10H,1-2H3,(H,16,17). The minimum atomic E-state index is -3.29. The van der Waals surface area contributed by atoms with Crippen molar-refractivity contribution in [3.8, 4) is 0 Å². The topological polar surface area (TPSA) is 63.2 Å². The summed E-state index contributed by atoms with van der Waals surface area (Å²) in [6.45, 7) is 0. The highest BCUT2D eigenvalue weighted by Crippen LogP contribution is 2.18. The Morgan fingerprint density at radius 1 is 1.10 bits per heavy atom. The van der Waals surface area contributed by atoms with Crippen LogP contribution < -0.4 is 5.32 Å². The second-order valence-electron chi connectivity index (χ2n) is 4.48. The van der Waals surface area contributed by atoms with E-state index in [1.165, 1.54) is 12.1 Å². The Kier molecular flexibility index (Phi) is 4.69. The van der Waals surface area contributed by atoms with Gasteiger partial charge in [-0.15, -0.1) is 11.8 Å². The molecule has 0 atom stereocenters. The average molecular weight is 321 g/mol. The fourth-order valence-electron chi connectivity index (χ4n) is 1.75. The summed E-state index contributed by atoms with van der Waals surface area (Å²) in [6.07, 6.45) is 3.10. The molecule has 2 rings (SSSR count). The number of thioether (sulfide) groups is 1. The van der Waals surface area contributed by atoms with Crippen LogP contribution in [0.5, 0.6) is 0 Å². The van der Waals surface area contributed by atoms with Crippen LogP contribution >= 0.6 is 11.8 Å². The zero-order valence-corrected chi connectivity index (χ0v) is 13.3. The van der Waals surface area contributed by atoms with Crippen LogP contribution in [0.1, 0.15) is 10.4 Å². The summed E-state index contributed by atoms with van der Waals surface area (Å²) >= 11 is 1.60. The lowest BCUT2D eigenvalue weighted by Crippen LogP contribution is -2.12. The third kappa shape index (κ3) is 4.09. The second-order valence-corrected chi connectivity index (χ2v) is 7.38. The highest BCUT2D eigenvalue weighted by atomic mass is 32.2. The largest absolute Gasteiger partial charge is 0.322 e. The van der Waals surface area contributed by atoms with E-state index in [0.717, 1.165) is 11.2 Å². The van der Waals surface area contributed by atoms with Crippen LogP contribution in [0, 0.1) is 0 Å². The van der Waals surface area contributed by atoms with E-state index in [1.807, 2.05) is 18.4 Å². The molecule has 0 aliphatic carbocycles. The first-order valence-corrected chi connectivity index (χ1v) is 9.27. The minimum absolute atomic E-state index is 0.179. The molecule has 0 saturated heterocycles. The van der Waals surface area contributed by atoms with Crippen molar-refractivity contribution in [2.75, 3.05) is 17.8 Å². The summed E-state index contributed by atoms with van der Waals surface area (Å²) in [4.78, 5) is 13.4. The first kappa shape index (κ1) is 15.6. The third-order valence-electron chi connectivity index (χ3n) is 2.87. The number of nitrogens with one attached hydrogen (secondary N) is 1. The van der Waals surface area contributed by atoms with Gasteiger partial charge in [-0.25, -0.2) is 8.42 Å². The highest BCUT2D eigenvalue weighted by molar-refractivity contribution is 7.98. The van der Waals surface area contributed by atoms with Crippen molar-refractivity contribution >= 4 is 33.2 Å². The maximum atomic E-state index is 12.1. The number of benzene rings is 2. The van der Waals surface area contributed by atoms with Crippen LogP contribution in [-0.4, -0.2) is 26.8 Å². The zero-order valence-electron chi connectivity index (χ0n) is 11.7. The fourth-order valence-corrected chi connectivity index (χ4v) is 2.83. The lowest BCUT2D eigenvalue weighted by atomic mass is 10.2. The van der Waals surface area contributed by atoms with E-state index in [2.05, 4.69) is 5.32 Å². The quantitative estimate of drug-likeness (QED) is 0.879. The average Bonchev–Trinajstić information content (AvgIpc) is 2.47. The third-order valence-corrected chi connectivity index (χ3v) is 4.73. The monoisotopic (exact) mass is 321 g/mol. The molecule has 1 amide bonds. The Balaban J connectivity index is 2.19. The highest BCUT2D eigenvalue weighted by Gasteiger charge is 2.10. The van der Waals surface area contributed by atoms with E-state index in [9.17, 15) is 13.2 Å². The number of hydrogen-bond donors (Lipinski definition) is 1. The van der Waals surface area contributed by atoms with Crippen LogP contribution in [0.15, 0.2) is 58.3 Å². The maximum Gasteiger partial charge on any atom is 0.255 e. The van der Waals surface area contributed by atoms with Gasteiger partial charge >= 0.3 is 0 Å². The van der Waals surface area contributed by atoms with Crippen molar-refractivity contribution in [1.82, 2.24) is 0 Å². The minimum Gasteiger partial charge on any atom is -0.322 e. The zero-order chi connectivity index (χ0) is 15.5. The Bertz CT molecular complexity index is 753. The summed E-state index contributed by atoms with van der Waals surface area (Å²) in [5, 5.41) is 2.70. The van der Waals surface area contributed by atoms with E-state index in [1.54, 1.807) is 36.0 Å². The number of sulfone groups is 1. The number of anilines is 1. The van der Waals surface area contributed by atoms with Crippen molar-refractivity contribution in [2.45, 2.75) is 9.79 Å². The van der Waals surface area contributed by atoms with Crippen molar-refractivity contribution in [2.24, 2.45) is 0 Å². The molecule has 0 fully saturated rings. The predicted molar refractivity (Wildman–Crippen MR) is 85.7 cm³/mol. The van der Waals surface area contributed by atoms with Crippen LogP contribution in [0.4, 0.5) is 5.69 Å². The van der Waals surface area contributed by atoms with Crippen molar-refractivity contribution in [3.63, 3.8) is 0 Å². The summed E-state index contributed by atoms with van der Waals surface area (Å²) < 4.78 is 23.0. The summed E-state index contributed by atoms with van der Waals surface area (Å²) in [6, 6.07) is 13.4. The lowest BCUT2D eigenvalue weighted by Gasteiger charge is -2.07. The number of rotatable bonds is 4. The molecule has 0 radical (unpaired) electrons. The molecule has 0 bridgehead atoms. The molecule has 2 aromatic rings. The van der Waals surface area contributed by atoms with E-state index < -0.39 is 9.84 Å². The molecule has 0 aliphatic rings. The number of hydrogen-bond acceptors (Lipinski definition) is 4. The molecule has 0 unspecified atom stereocenters. The first-order valence-electron chi connectivity index (χ1n) is 6.15. The van der Waals surface area contributed by atoms with Crippen LogP contribution in [0.25, 0.3) is 0 Å². The summed E-state index contributed by atoms with van der Waals surface area (Å²) in [5.41, 5.74) is 0.981. The molecule has 21 heavy (non-hydrogen) atoms. The molecule has 4 nitrogen and oxygen atoms in total. The van der Waals surface area contributed by atoms with E-state index >= 15 is 0 Å². The van der Waals surface area contributed by atoms with Gasteiger partial charge in [-0.2, -0.15) is 0 Å². The fraction of sp³-hybridized carbons (Fsp3) is 0.133. The van der Waals surface area contributed by atoms with Gasteiger partial charge in [0, 0.05) is 22.4 Å². The predicted octanol–water partition coefficient (Wildman–Crippen LogP) is 3.06. The SMILES string of the molecule is CSc1ccc(C(=O)Nc2cccc(S(C)(=O)=O)c2)cc1. The smallest absolute Gasteiger partial charge is 0.255 e. The number of carbonyl (C=O) groups is 1. The van der Waals surface area contributed by atoms with Crippen molar-refractivity contribution in [3.05, 3.63) is 54.1 Å². The molecule has 0 heterocycles. The van der Waals surface area contributed by atoms with Crippen LogP contribution in [0.3, 0.4) is 0 Å². The van der Waals surface area contributed by atoms with Crippen molar-refractivity contribution in [1.29, 1.82) is 0 Å². The molecule has 0 saturated carbocycles. The molecule has 0 spiro atoms. The maximum absolute atomic E-state index is 12.1. The number of carbonyl (C=O) groups excluding carboxylic acids is 1. The molecule has 2 aromatic carbocycles. The first-order chi connectivity index (χ1) is 9.90. The van der Waals surface area contributed by atoms with Gasteiger partial charge < -0.3 is 5.32 Å². The van der Waals surface area contributed by atoms with Gasteiger partial charge in [-0.3, -0.25) is 4.79 Å². The molecule has 1 N–H and O–H groups in total. The molecule has 110 valence electrons. The molecular formula is C15H15NO3S2. The molecule has 0 aliphatic heterocycles. The Hall–Kier alpha value is -1.79. The van der Waals surface area contributed by atoms with Gasteiger partial charge in [0.1, 0.15) is 0 Å². The van der Waals surface area contributed by atoms with Crippen LogP contribution in [-0.2, 0) is 9.84 Å². The van der Waals surface area contributed by atoms with Gasteiger partial charge in [-0.1, -0.05) is 6.07 Å². The van der Waals surface area contributed by atoms with E-state index in [-0.39, 0.29) is 10.8 Å². The molecule has 0 aromatic heterocycles. The Labute approximate surface area is 128 Å². The Morgan fingerprint density at radius 2 is 1.76 bits per heavy atom. The summed E-state index contributed by atoms with van der Waals surface area (Å²) in [7, 11) is -3.29. The second kappa shape index (κ2) is 6.32. The lowest BCUT2D eigenvalue weighted by molar-refractivity contribution is 0.102.